The van der Waals surface area contributed by atoms with Crippen molar-refractivity contribution in [2.24, 2.45) is 12.9 Å². The minimum Gasteiger partial charge on any atom is -0.273 e. The number of rotatable bonds is 3. The van der Waals surface area contributed by atoms with Gasteiger partial charge in [-0.3, -0.25) is 10.5 Å². The fourth-order valence-electron chi connectivity index (χ4n) is 1.88. The Bertz CT molecular complexity index is 565. The average Bonchev–Trinajstić information content (AvgIpc) is 2.65. The van der Waals surface area contributed by atoms with Crippen molar-refractivity contribution in [1.29, 1.82) is 0 Å². The van der Waals surface area contributed by atoms with Crippen molar-refractivity contribution in [2.75, 3.05) is 0 Å². The van der Waals surface area contributed by atoms with Gasteiger partial charge >= 0.3 is 0 Å². The van der Waals surface area contributed by atoms with Crippen molar-refractivity contribution >= 4 is 0 Å². The third-order valence-corrected chi connectivity index (χ3v) is 3.02. The molecule has 1 aromatic heterocycles. The molecule has 2 aromatic rings. The van der Waals surface area contributed by atoms with E-state index in [1.165, 1.54) is 12.1 Å². The van der Waals surface area contributed by atoms with E-state index < -0.39 is 17.7 Å². The molecule has 1 aromatic carbocycles. The van der Waals surface area contributed by atoms with Crippen molar-refractivity contribution < 1.29 is 8.78 Å². The normalized spacial score (nSPS) is 12.7. The van der Waals surface area contributed by atoms with Crippen molar-refractivity contribution in [3.63, 3.8) is 0 Å². The molecule has 1 heterocycles. The van der Waals surface area contributed by atoms with Gasteiger partial charge in [0.2, 0.25) is 0 Å². The van der Waals surface area contributed by atoms with Gasteiger partial charge in [0, 0.05) is 29.9 Å². The number of halogens is 2. The highest BCUT2D eigenvalue weighted by Crippen LogP contribution is 2.26. The molecule has 0 saturated carbocycles. The van der Waals surface area contributed by atoms with Crippen LogP contribution >= 0.6 is 0 Å². The first-order chi connectivity index (χ1) is 8.54. The Balaban J connectivity index is 2.48. The van der Waals surface area contributed by atoms with Crippen molar-refractivity contribution in [3.05, 3.63) is 52.9 Å². The third-order valence-electron chi connectivity index (χ3n) is 3.02. The molecule has 0 fully saturated rings. The van der Waals surface area contributed by atoms with Gasteiger partial charge in [-0.15, -0.1) is 0 Å². The lowest BCUT2D eigenvalue weighted by Gasteiger charge is -2.17. The molecule has 0 bridgehead atoms. The summed E-state index contributed by atoms with van der Waals surface area (Å²) in [5.74, 6) is 4.22. The first-order valence-corrected chi connectivity index (χ1v) is 5.44. The Labute approximate surface area is 103 Å². The Morgan fingerprint density at radius 1 is 1.33 bits per heavy atom. The van der Waals surface area contributed by atoms with Crippen molar-refractivity contribution in [1.82, 2.24) is 15.2 Å². The molecule has 0 amide bonds. The maximum atomic E-state index is 13.7. The van der Waals surface area contributed by atoms with Gasteiger partial charge in [-0.25, -0.2) is 14.2 Å². The summed E-state index contributed by atoms with van der Waals surface area (Å²) < 4.78 is 28.3. The van der Waals surface area contributed by atoms with Gasteiger partial charge in [0.05, 0.1) is 12.2 Å². The predicted octanol–water partition coefficient (Wildman–Crippen LogP) is 1.56. The molecule has 0 aliphatic heterocycles. The molecule has 2 rings (SSSR count). The van der Waals surface area contributed by atoms with Crippen LogP contribution in [0, 0.1) is 18.6 Å². The first-order valence-electron chi connectivity index (χ1n) is 5.44. The van der Waals surface area contributed by atoms with E-state index in [9.17, 15) is 8.78 Å². The molecular formula is C12H14F2N4. The number of aryl methyl sites for hydroxylation is 1. The summed E-state index contributed by atoms with van der Waals surface area (Å²) >= 11 is 0. The van der Waals surface area contributed by atoms with Crippen molar-refractivity contribution in [3.8, 4) is 0 Å². The highest BCUT2D eigenvalue weighted by Gasteiger charge is 2.20. The standard InChI is InChI=1S/C12H14F2N4/c1-7-10(6-16-18(7)2)12(17-15)9-4-3-8(13)5-11(9)14/h3-6,12,17H,15H2,1-2H3. The monoisotopic (exact) mass is 252 g/mol. The van der Waals surface area contributed by atoms with E-state index in [4.69, 9.17) is 5.84 Å². The maximum absolute atomic E-state index is 13.7. The molecule has 0 radical (unpaired) electrons. The first kappa shape index (κ1) is 12.7. The van der Waals surface area contributed by atoms with Gasteiger partial charge < -0.3 is 0 Å². The minimum absolute atomic E-state index is 0.287. The minimum atomic E-state index is -0.638. The summed E-state index contributed by atoms with van der Waals surface area (Å²) in [4.78, 5) is 0. The molecule has 18 heavy (non-hydrogen) atoms. The van der Waals surface area contributed by atoms with E-state index in [-0.39, 0.29) is 5.56 Å². The molecule has 0 aliphatic rings. The molecule has 3 N–H and O–H groups in total. The number of hydrogen-bond donors (Lipinski definition) is 2. The number of nitrogens with two attached hydrogens (primary N) is 1. The van der Waals surface area contributed by atoms with Crippen LogP contribution in [0.25, 0.3) is 0 Å². The third kappa shape index (κ3) is 2.12. The van der Waals surface area contributed by atoms with E-state index >= 15 is 0 Å². The van der Waals surface area contributed by atoms with E-state index in [1.54, 1.807) is 17.9 Å². The van der Waals surface area contributed by atoms with Crippen LogP contribution < -0.4 is 11.3 Å². The molecule has 0 spiro atoms. The van der Waals surface area contributed by atoms with Gasteiger partial charge in [-0.1, -0.05) is 6.07 Å². The molecule has 0 saturated heterocycles. The van der Waals surface area contributed by atoms with E-state index in [2.05, 4.69) is 10.5 Å². The van der Waals surface area contributed by atoms with Crippen LogP contribution in [-0.4, -0.2) is 9.78 Å². The van der Waals surface area contributed by atoms with Gasteiger partial charge in [-0.2, -0.15) is 5.10 Å². The topological polar surface area (TPSA) is 55.9 Å². The molecular weight excluding hydrogens is 238 g/mol. The van der Waals surface area contributed by atoms with E-state index in [1.807, 2.05) is 6.92 Å². The number of hydrogen-bond acceptors (Lipinski definition) is 3. The summed E-state index contributed by atoms with van der Waals surface area (Å²) in [6.07, 6.45) is 1.61. The number of aromatic nitrogens is 2. The molecule has 1 atom stereocenters. The van der Waals surface area contributed by atoms with E-state index in [0.29, 0.717) is 0 Å². The fourth-order valence-corrected chi connectivity index (χ4v) is 1.88. The Kier molecular flexibility index (Phi) is 3.40. The average molecular weight is 252 g/mol. The summed E-state index contributed by atoms with van der Waals surface area (Å²) in [6.45, 7) is 1.86. The largest absolute Gasteiger partial charge is 0.273 e. The highest BCUT2D eigenvalue weighted by atomic mass is 19.1. The van der Waals surface area contributed by atoms with Crippen LogP contribution in [0.5, 0.6) is 0 Å². The van der Waals surface area contributed by atoms with Crippen LogP contribution in [0.3, 0.4) is 0 Å². The van der Waals surface area contributed by atoms with Crippen LogP contribution in [0.4, 0.5) is 8.78 Å². The SMILES string of the molecule is Cc1c(C(NN)c2ccc(F)cc2F)cnn1C. The second kappa shape index (κ2) is 4.83. The Hall–Kier alpha value is -1.79. The summed E-state index contributed by atoms with van der Waals surface area (Å²) in [5, 5.41) is 4.08. The van der Waals surface area contributed by atoms with Gasteiger partial charge in [0.15, 0.2) is 0 Å². The van der Waals surface area contributed by atoms with Gasteiger partial charge in [0.25, 0.3) is 0 Å². The summed E-state index contributed by atoms with van der Waals surface area (Å²) in [5.41, 5.74) is 4.44. The van der Waals surface area contributed by atoms with Crippen LogP contribution in [0.15, 0.2) is 24.4 Å². The summed E-state index contributed by atoms with van der Waals surface area (Å²) in [6, 6.07) is 2.86. The molecule has 6 heteroatoms. The number of nitrogens with one attached hydrogen (secondary N) is 1. The zero-order valence-corrected chi connectivity index (χ0v) is 10.1. The van der Waals surface area contributed by atoms with Gasteiger partial charge in [0.1, 0.15) is 11.6 Å². The summed E-state index contributed by atoms with van der Waals surface area (Å²) in [7, 11) is 1.79. The zero-order valence-electron chi connectivity index (χ0n) is 10.1. The molecule has 0 aliphatic carbocycles. The highest BCUT2D eigenvalue weighted by molar-refractivity contribution is 5.33. The number of benzene rings is 1. The predicted molar refractivity (Wildman–Crippen MR) is 63.5 cm³/mol. The second-order valence-electron chi connectivity index (χ2n) is 4.07. The number of nitrogens with zero attached hydrogens (tertiary/aromatic N) is 2. The maximum Gasteiger partial charge on any atom is 0.131 e. The smallest absolute Gasteiger partial charge is 0.131 e. The number of hydrazine groups is 1. The lowest BCUT2D eigenvalue weighted by atomic mass is 9.99. The molecule has 96 valence electrons. The Morgan fingerprint density at radius 3 is 2.56 bits per heavy atom. The van der Waals surface area contributed by atoms with Crippen LogP contribution in [0.2, 0.25) is 0 Å². The van der Waals surface area contributed by atoms with Gasteiger partial charge in [-0.05, 0) is 13.0 Å². The Morgan fingerprint density at radius 2 is 2.06 bits per heavy atom. The van der Waals surface area contributed by atoms with Crippen molar-refractivity contribution in [2.45, 2.75) is 13.0 Å². The molecule has 4 nitrogen and oxygen atoms in total. The fraction of sp³-hybridized carbons (Fsp3) is 0.250. The lowest BCUT2D eigenvalue weighted by Crippen LogP contribution is -2.30. The quantitative estimate of drug-likeness (QED) is 0.644. The lowest BCUT2D eigenvalue weighted by molar-refractivity contribution is 0.540. The van der Waals surface area contributed by atoms with E-state index in [0.717, 1.165) is 17.3 Å². The van der Waals surface area contributed by atoms with Crippen LogP contribution in [0.1, 0.15) is 22.9 Å². The second-order valence-corrected chi connectivity index (χ2v) is 4.07. The zero-order chi connectivity index (χ0) is 13.3. The van der Waals surface area contributed by atoms with Crippen LogP contribution in [-0.2, 0) is 7.05 Å². The molecule has 1 unspecified atom stereocenters.